The van der Waals surface area contributed by atoms with Crippen LogP contribution in [0.5, 0.6) is 0 Å². The van der Waals surface area contributed by atoms with Crippen molar-refractivity contribution in [1.29, 1.82) is 0 Å². The number of imidazole rings is 1. The number of nitrogens with one attached hydrogen (secondary N) is 2. The summed E-state index contributed by atoms with van der Waals surface area (Å²) in [6.45, 7) is 1.52. The van der Waals surface area contributed by atoms with E-state index < -0.39 is 24.5 Å². The number of benzene rings is 2. The summed E-state index contributed by atoms with van der Waals surface area (Å²) in [6, 6.07) is 14.6. The fourth-order valence-electron chi connectivity index (χ4n) is 4.75. The molecule has 1 aliphatic carbocycles. The average Bonchev–Trinajstić information content (AvgIpc) is 3.48. The van der Waals surface area contributed by atoms with Crippen LogP contribution in [0.1, 0.15) is 63.8 Å². The topological polar surface area (TPSA) is 110 Å². The number of rotatable bonds is 7. The van der Waals surface area contributed by atoms with E-state index >= 15 is 0 Å². The molecule has 1 aliphatic rings. The molecule has 8 nitrogen and oxygen atoms in total. The molecule has 2 aromatic carbocycles. The summed E-state index contributed by atoms with van der Waals surface area (Å²) < 4.78 is 10.7. The van der Waals surface area contributed by atoms with E-state index in [0.717, 1.165) is 60.0 Å². The van der Waals surface area contributed by atoms with E-state index in [1.54, 1.807) is 25.1 Å². The number of carbonyl (C=O) groups is 3. The molecule has 0 aliphatic heterocycles. The molecule has 0 fully saturated rings. The number of esters is 2. The second-order valence-electron chi connectivity index (χ2n) is 9.12. The van der Waals surface area contributed by atoms with Crippen molar-refractivity contribution in [3.63, 3.8) is 0 Å². The number of fused-ring (bicyclic) bond motifs is 2. The summed E-state index contributed by atoms with van der Waals surface area (Å²) in [5.41, 5.74) is 3.92. The van der Waals surface area contributed by atoms with Gasteiger partial charge in [-0.3, -0.25) is 4.79 Å². The Morgan fingerprint density at radius 2 is 1.71 bits per heavy atom. The van der Waals surface area contributed by atoms with E-state index in [4.69, 9.17) is 9.47 Å². The van der Waals surface area contributed by atoms with Gasteiger partial charge in [-0.25, -0.2) is 14.6 Å². The minimum absolute atomic E-state index is 0.249. The molecule has 2 N–H and O–H groups in total. The molecular weight excluding hydrogens is 502 g/mol. The van der Waals surface area contributed by atoms with Crippen molar-refractivity contribution in [3.8, 4) is 11.4 Å². The number of aromatic nitrogens is 2. The number of nitrogens with zero attached hydrogens (tertiary/aromatic N) is 1. The van der Waals surface area contributed by atoms with Gasteiger partial charge in [0, 0.05) is 10.4 Å². The van der Waals surface area contributed by atoms with Gasteiger partial charge in [0.1, 0.15) is 10.8 Å². The molecule has 0 atom stereocenters. The average molecular weight is 532 g/mol. The molecule has 2 aromatic heterocycles. The van der Waals surface area contributed by atoms with Crippen LogP contribution in [0.3, 0.4) is 0 Å². The maximum absolute atomic E-state index is 13.0. The number of thiophene rings is 1. The van der Waals surface area contributed by atoms with Gasteiger partial charge in [-0.05, 0) is 56.4 Å². The first-order valence-corrected chi connectivity index (χ1v) is 13.7. The highest BCUT2D eigenvalue weighted by Crippen LogP contribution is 2.37. The number of para-hydroxylation sites is 2. The van der Waals surface area contributed by atoms with E-state index in [9.17, 15) is 14.4 Å². The second-order valence-corrected chi connectivity index (χ2v) is 10.2. The van der Waals surface area contributed by atoms with Gasteiger partial charge in [0.25, 0.3) is 5.91 Å². The molecule has 0 saturated heterocycles. The van der Waals surface area contributed by atoms with Crippen LogP contribution in [0.4, 0.5) is 5.00 Å². The van der Waals surface area contributed by atoms with E-state index in [-0.39, 0.29) is 6.61 Å². The van der Waals surface area contributed by atoms with Crippen LogP contribution in [-0.4, -0.2) is 41.0 Å². The summed E-state index contributed by atoms with van der Waals surface area (Å²) in [5.74, 6) is -1.05. The lowest BCUT2D eigenvalue weighted by atomic mass is 9.96. The summed E-state index contributed by atoms with van der Waals surface area (Å²) in [5, 5.41) is 3.26. The van der Waals surface area contributed by atoms with E-state index in [2.05, 4.69) is 15.3 Å². The zero-order chi connectivity index (χ0) is 26.5. The molecular formula is C29H29N3O5S. The van der Waals surface area contributed by atoms with Crippen LogP contribution >= 0.6 is 11.3 Å². The van der Waals surface area contributed by atoms with Crippen LogP contribution in [0.2, 0.25) is 0 Å². The highest BCUT2D eigenvalue weighted by molar-refractivity contribution is 7.17. The molecule has 0 bridgehead atoms. The van der Waals surface area contributed by atoms with Crippen LogP contribution in [-0.2, 0) is 27.1 Å². The standard InChI is InChI=1S/C29H29N3O5S/c1-2-36-29(35)25-20-13-5-3-4-6-16-23(20)38-27(25)32-24(33)17-37-28(34)19-12-8-7-11-18(19)26-30-21-14-9-10-15-22(21)31-26/h7-12,14-15H,2-6,13,16-17H2,1H3,(H,30,31)(H,32,33). The van der Waals surface area contributed by atoms with Gasteiger partial charge in [0.2, 0.25) is 0 Å². The largest absolute Gasteiger partial charge is 0.462 e. The molecule has 2 heterocycles. The third kappa shape index (κ3) is 5.47. The highest BCUT2D eigenvalue weighted by Gasteiger charge is 2.26. The van der Waals surface area contributed by atoms with Crippen LogP contribution in [0.25, 0.3) is 22.4 Å². The second kappa shape index (κ2) is 11.6. The van der Waals surface area contributed by atoms with Gasteiger partial charge < -0.3 is 19.8 Å². The van der Waals surface area contributed by atoms with E-state index in [1.807, 2.05) is 30.3 Å². The normalized spacial score (nSPS) is 13.3. The van der Waals surface area contributed by atoms with Gasteiger partial charge in [0.15, 0.2) is 6.61 Å². The Hall–Kier alpha value is -3.98. The van der Waals surface area contributed by atoms with Crippen molar-refractivity contribution < 1.29 is 23.9 Å². The highest BCUT2D eigenvalue weighted by atomic mass is 32.1. The number of hydrogen-bond acceptors (Lipinski definition) is 7. The van der Waals surface area contributed by atoms with Gasteiger partial charge in [-0.1, -0.05) is 43.2 Å². The summed E-state index contributed by atoms with van der Waals surface area (Å²) >= 11 is 1.41. The molecule has 0 saturated carbocycles. The minimum Gasteiger partial charge on any atom is -0.462 e. The van der Waals surface area contributed by atoms with Crippen LogP contribution in [0.15, 0.2) is 48.5 Å². The first-order chi connectivity index (χ1) is 18.5. The van der Waals surface area contributed by atoms with Crippen molar-refractivity contribution in [2.45, 2.75) is 45.4 Å². The molecule has 0 spiro atoms. The van der Waals surface area contributed by atoms with E-state index in [1.165, 1.54) is 11.3 Å². The maximum atomic E-state index is 13.0. The molecule has 5 rings (SSSR count). The van der Waals surface area contributed by atoms with Crippen molar-refractivity contribution in [2.24, 2.45) is 0 Å². The van der Waals surface area contributed by atoms with Crippen molar-refractivity contribution in [2.75, 3.05) is 18.5 Å². The zero-order valence-corrected chi connectivity index (χ0v) is 22.0. The quantitative estimate of drug-likeness (QED) is 0.286. The summed E-state index contributed by atoms with van der Waals surface area (Å²) in [4.78, 5) is 47.6. The molecule has 38 heavy (non-hydrogen) atoms. The molecule has 0 radical (unpaired) electrons. The predicted octanol–water partition coefficient (Wildman–Crippen LogP) is 5.92. The Labute approximate surface area is 224 Å². The maximum Gasteiger partial charge on any atom is 0.341 e. The fraction of sp³-hybridized carbons (Fsp3) is 0.310. The number of aryl methyl sites for hydroxylation is 1. The Morgan fingerprint density at radius 1 is 0.947 bits per heavy atom. The number of hydrogen-bond donors (Lipinski definition) is 2. The number of ether oxygens (including phenoxy) is 2. The number of amides is 1. The first-order valence-electron chi connectivity index (χ1n) is 12.9. The van der Waals surface area contributed by atoms with Crippen molar-refractivity contribution >= 4 is 45.2 Å². The summed E-state index contributed by atoms with van der Waals surface area (Å²) in [6.07, 6.45) is 5.96. The summed E-state index contributed by atoms with van der Waals surface area (Å²) in [7, 11) is 0. The third-order valence-corrected chi connectivity index (χ3v) is 7.74. The van der Waals surface area contributed by atoms with Crippen molar-refractivity contribution in [3.05, 3.63) is 70.1 Å². The predicted molar refractivity (Wildman–Crippen MR) is 147 cm³/mol. The van der Waals surface area contributed by atoms with Crippen LogP contribution in [0, 0.1) is 0 Å². The Morgan fingerprint density at radius 3 is 2.53 bits per heavy atom. The Kier molecular flexibility index (Phi) is 7.83. The molecule has 9 heteroatoms. The van der Waals surface area contributed by atoms with Gasteiger partial charge in [0.05, 0.1) is 28.8 Å². The number of anilines is 1. The SMILES string of the molecule is CCOC(=O)c1c(NC(=O)COC(=O)c2ccccc2-c2nc3ccccc3[nH]2)sc2c1CCCCCC2. The third-order valence-electron chi connectivity index (χ3n) is 6.53. The van der Waals surface area contributed by atoms with Crippen molar-refractivity contribution in [1.82, 2.24) is 9.97 Å². The van der Waals surface area contributed by atoms with Gasteiger partial charge in [-0.15, -0.1) is 11.3 Å². The van der Waals surface area contributed by atoms with Gasteiger partial charge in [-0.2, -0.15) is 0 Å². The fourth-order valence-corrected chi connectivity index (χ4v) is 6.04. The molecule has 4 aromatic rings. The molecule has 196 valence electrons. The smallest absolute Gasteiger partial charge is 0.341 e. The van der Waals surface area contributed by atoms with Gasteiger partial charge >= 0.3 is 11.9 Å². The van der Waals surface area contributed by atoms with E-state index in [0.29, 0.717) is 27.5 Å². The zero-order valence-electron chi connectivity index (χ0n) is 21.2. The Bertz CT molecular complexity index is 1460. The lowest BCUT2D eigenvalue weighted by Gasteiger charge is -2.11. The number of aromatic amines is 1. The monoisotopic (exact) mass is 531 g/mol. The van der Waals surface area contributed by atoms with Crippen LogP contribution < -0.4 is 5.32 Å². The minimum atomic E-state index is -0.639. The molecule has 0 unspecified atom stereocenters. The number of H-pyrrole nitrogens is 1. The first kappa shape index (κ1) is 25.7. The molecule has 1 amide bonds. The Balaban J connectivity index is 1.31. The number of carbonyl (C=O) groups excluding carboxylic acids is 3. The lowest BCUT2D eigenvalue weighted by Crippen LogP contribution is -2.22. The lowest BCUT2D eigenvalue weighted by molar-refractivity contribution is -0.119.